The molecular formula is C19H13ClN6O. The van der Waals surface area contributed by atoms with Crippen LogP contribution in [0.1, 0.15) is 5.56 Å². The molecule has 0 saturated heterocycles. The Morgan fingerprint density at radius 3 is 2.74 bits per heavy atom. The van der Waals surface area contributed by atoms with Gasteiger partial charge in [-0.05, 0) is 36.8 Å². The number of aromatic hydroxyl groups is 1. The lowest BCUT2D eigenvalue weighted by Gasteiger charge is -2.05. The third-order valence-electron chi connectivity index (χ3n) is 4.45. The molecule has 5 aromatic rings. The highest BCUT2D eigenvalue weighted by molar-refractivity contribution is 6.31. The lowest BCUT2D eigenvalue weighted by atomic mass is 10.2. The van der Waals surface area contributed by atoms with Crippen LogP contribution < -0.4 is 0 Å². The van der Waals surface area contributed by atoms with Crippen molar-refractivity contribution >= 4 is 28.3 Å². The summed E-state index contributed by atoms with van der Waals surface area (Å²) in [5.41, 5.74) is 3.64. The molecule has 5 rings (SSSR count). The summed E-state index contributed by atoms with van der Waals surface area (Å²) in [7, 11) is 0. The molecule has 0 radical (unpaired) electrons. The van der Waals surface area contributed by atoms with Crippen molar-refractivity contribution < 1.29 is 5.11 Å². The Morgan fingerprint density at radius 1 is 1.07 bits per heavy atom. The van der Waals surface area contributed by atoms with Crippen molar-refractivity contribution in [2.75, 3.05) is 0 Å². The maximum Gasteiger partial charge on any atom is 0.185 e. The van der Waals surface area contributed by atoms with Crippen molar-refractivity contribution in [1.82, 2.24) is 29.4 Å². The fourth-order valence-electron chi connectivity index (χ4n) is 3.00. The number of aryl methyl sites for hydroxylation is 1. The molecule has 1 N–H and O–H groups in total. The minimum Gasteiger partial charge on any atom is -0.507 e. The van der Waals surface area contributed by atoms with Crippen LogP contribution in [0.4, 0.5) is 0 Å². The number of hydrogen-bond donors (Lipinski definition) is 1. The lowest BCUT2D eigenvalue weighted by Crippen LogP contribution is -1.99. The van der Waals surface area contributed by atoms with Crippen molar-refractivity contribution in [2.24, 2.45) is 0 Å². The predicted octanol–water partition coefficient (Wildman–Crippen LogP) is 3.80. The minimum atomic E-state index is 0.127. The van der Waals surface area contributed by atoms with Gasteiger partial charge in [0.25, 0.3) is 0 Å². The van der Waals surface area contributed by atoms with E-state index in [0.717, 1.165) is 16.6 Å². The van der Waals surface area contributed by atoms with E-state index < -0.39 is 0 Å². The maximum atomic E-state index is 10.1. The average molecular weight is 377 g/mol. The van der Waals surface area contributed by atoms with Gasteiger partial charge in [0.15, 0.2) is 17.1 Å². The van der Waals surface area contributed by atoms with E-state index in [0.29, 0.717) is 27.7 Å². The summed E-state index contributed by atoms with van der Waals surface area (Å²) >= 11 is 6.25. The molecule has 8 heteroatoms. The number of halogens is 1. The van der Waals surface area contributed by atoms with Crippen LogP contribution in [-0.2, 0) is 0 Å². The predicted molar refractivity (Wildman–Crippen MR) is 102 cm³/mol. The van der Waals surface area contributed by atoms with Gasteiger partial charge in [-0.2, -0.15) is 5.10 Å². The van der Waals surface area contributed by atoms with Crippen LogP contribution in [0.5, 0.6) is 5.75 Å². The molecule has 2 aromatic carbocycles. The number of para-hydroxylation sites is 1. The van der Waals surface area contributed by atoms with Crippen LogP contribution in [0.25, 0.3) is 33.8 Å². The molecule has 0 fully saturated rings. The Morgan fingerprint density at radius 2 is 1.93 bits per heavy atom. The van der Waals surface area contributed by atoms with Gasteiger partial charge in [-0.25, -0.2) is 19.2 Å². The molecule has 27 heavy (non-hydrogen) atoms. The van der Waals surface area contributed by atoms with Gasteiger partial charge < -0.3 is 5.11 Å². The zero-order valence-corrected chi connectivity index (χ0v) is 15.0. The number of benzene rings is 2. The van der Waals surface area contributed by atoms with E-state index in [9.17, 15) is 5.11 Å². The Kier molecular flexibility index (Phi) is 3.38. The number of hydrogen-bond acceptors (Lipinski definition) is 5. The van der Waals surface area contributed by atoms with Gasteiger partial charge in [-0.3, -0.25) is 0 Å². The van der Waals surface area contributed by atoms with Gasteiger partial charge in [0, 0.05) is 5.02 Å². The third kappa shape index (κ3) is 2.43. The van der Waals surface area contributed by atoms with Gasteiger partial charge in [-0.1, -0.05) is 29.8 Å². The zero-order valence-electron chi connectivity index (χ0n) is 14.2. The minimum absolute atomic E-state index is 0.127. The molecule has 0 aliphatic heterocycles. The first kappa shape index (κ1) is 15.8. The van der Waals surface area contributed by atoms with Crippen LogP contribution in [0.2, 0.25) is 5.02 Å². The van der Waals surface area contributed by atoms with Crippen LogP contribution in [0.15, 0.2) is 55.0 Å². The number of rotatable bonds is 2. The Bertz CT molecular complexity index is 1320. The highest BCUT2D eigenvalue weighted by atomic mass is 35.5. The van der Waals surface area contributed by atoms with Gasteiger partial charge in [-0.15, -0.1) is 5.10 Å². The smallest absolute Gasteiger partial charge is 0.185 e. The van der Waals surface area contributed by atoms with Gasteiger partial charge in [0.2, 0.25) is 0 Å². The number of phenolic OH excluding ortho intramolecular Hbond substituents is 1. The van der Waals surface area contributed by atoms with Gasteiger partial charge >= 0.3 is 0 Å². The van der Waals surface area contributed by atoms with Gasteiger partial charge in [0.1, 0.15) is 12.1 Å². The summed E-state index contributed by atoms with van der Waals surface area (Å²) in [4.78, 5) is 9.07. The molecule has 7 nitrogen and oxygen atoms in total. The van der Waals surface area contributed by atoms with Crippen molar-refractivity contribution in [1.29, 1.82) is 0 Å². The molecule has 3 heterocycles. The van der Waals surface area contributed by atoms with Crippen LogP contribution in [-0.4, -0.2) is 34.5 Å². The number of aromatic nitrogens is 6. The molecule has 132 valence electrons. The van der Waals surface area contributed by atoms with Crippen molar-refractivity contribution in [2.45, 2.75) is 6.92 Å². The Labute approximate surface area is 158 Å². The summed E-state index contributed by atoms with van der Waals surface area (Å²) in [5.74, 6) is 0.552. The second-order valence-corrected chi connectivity index (χ2v) is 6.60. The third-order valence-corrected chi connectivity index (χ3v) is 4.86. The second-order valence-electron chi connectivity index (χ2n) is 6.19. The topological polar surface area (TPSA) is 81.1 Å². The molecule has 0 aliphatic carbocycles. The number of nitrogens with zero attached hydrogens (tertiary/aromatic N) is 6. The molecule has 3 aromatic heterocycles. The SMILES string of the molecule is Cc1ccc(-n2ncc3c2ncn2nc(-c4ccccc4O)nc32)cc1Cl. The molecule has 0 spiro atoms. The van der Waals surface area contributed by atoms with Crippen molar-refractivity contribution in [3.63, 3.8) is 0 Å². The Hall–Kier alpha value is -3.45. The van der Waals surface area contributed by atoms with E-state index >= 15 is 0 Å². The fraction of sp³-hybridized carbons (Fsp3) is 0.0526. The summed E-state index contributed by atoms with van der Waals surface area (Å²) in [5, 5.41) is 20.4. The first-order valence-electron chi connectivity index (χ1n) is 8.26. The van der Waals surface area contributed by atoms with E-state index in [2.05, 4.69) is 20.2 Å². The molecule has 0 bridgehead atoms. The largest absolute Gasteiger partial charge is 0.507 e. The van der Waals surface area contributed by atoms with Crippen LogP contribution >= 0.6 is 11.6 Å². The molecule has 0 atom stereocenters. The van der Waals surface area contributed by atoms with E-state index in [4.69, 9.17) is 11.6 Å². The molecule has 0 amide bonds. The summed E-state index contributed by atoms with van der Waals surface area (Å²) in [6.07, 6.45) is 3.29. The normalized spacial score (nSPS) is 11.5. The zero-order chi connectivity index (χ0) is 18.5. The van der Waals surface area contributed by atoms with E-state index in [-0.39, 0.29) is 5.75 Å². The Balaban J connectivity index is 1.71. The van der Waals surface area contributed by atoms with E-state index in [1.807, 2.05) is 31.2 Å². The van der Waals surface area contributed by atoms with E-state index in [1.165, 1.54) is 0 Å². The highest BCUT2D eigenvalue weighted by Crippen LogP contribution is 2.28. The molecule has 0 unspecified atom stereocenters. The van der Waals surface area contributed by atoms with Crippen LogP contribution in [0, 0.1) is 6.92 Å². The maximum absolute atomic E-state index is 10.1. The second kappa shape index (κ2) is 5.78. The first-order chi connectivity index (χ1) is 13.1. The van der Waals surface area contributed by atoms with Gasteiger partial charge in [0.05, 0.1) is 22.8 Å². The molecule has 0 saturated carbocycles. The van der Waals surface area contributed by atoms with Crippen molar-refractivity contribution in [3.8, 4) is 22.8 Å². The first-order valence-corrected chi connectivity index (χ1v) is 8.63. The van der Waals surface area contributed by atoms with Crippen molar-refractivity contribution in [3.05, 3.63) is 65.6 Å². The monoisotopic (exact) mass is 376 g/mol. The molecule has 0 aliphatic rings. The quantitative estimate of drug-likeness (QED) is 0.507. The van der Waals surface area contributed by atoms with Crippen LogP contribution in [0.3, 0.4) is 0 Å². The molecular weight excluding hydrogens is 364 g/mol. The fourth-order valence-corrected chi connectivity index (χ4v) is 3.17. The lowest BCUT2D eigenvalue weighted by molar-refractivity contribution is 0.477. The number of fused-ring (bicyclic) bond motifs is 3. The van der Waals surface area contributed by atoms with E-state index in [1.54, 1.807) is 39.9 Å². The standard InChI is InChI=1S/C19H13ClN6O/c1-11-6-7-12(8-15(11)20)26-18-14(9-22-26)19-23-17(24-25(19)10-21-18)13-4-2-3-5-16(13)27/h2-10,27H,1H3. The number of phenols is 1. The average Bonchev–Trinajstić information content (AvgIpc) is 3.28. The highest BCUT2D eigenvalue weighted by Gasteiger charge is 2.16. The summed E-state index contributed by atoms with van der Waals surface area (Å²) in [6.45, 7) is 1.95. The summed E-state index contributed by atoms with van der Waals surface area (Å²) < 4.78 is 3.30. The summed E-state index contributed by atoms with van der Waals surface area (Å²) in [6, 6.07) is 12.7.